The Morgan fingerprint density at radius 2 is 2.06 bits per heavy atom. The number of rotatable bonds is 7. The van der Waals surface area contributed by atoms with Crippen LogP contribution in [0.2, 0.25) is 0 Å². The summed E-state index contributed by atoms with van der Waals surface area (Å²) in [5, 5.41) is 8.92. The van der Waals surface area contributed by atoms with E-state index in [2.05, 4.69) is 0 Å². The maximum Gasteiger partial charge on any atom is 0.308 e. The van der Waals surface area contributed by atoms with Crippen LogP contribution in [0.4, 0.5) is 0 Å². The molecule has 0 saturated heterocycles. The second-order valence-electron chi connectivity index (χ2n) is 3.82. The molecule has 1 atom stereocenters. The van der Waals surface area contributed by atoms with E-state index in [4.69, 9.17) is 9.84 Å². The fourth-order valence-corrected chi connectivity index (χ4v) is 1.52. The standard InChI is InChI=1S/C13H18O3/c1-2-6-12(13(14)15)10-16-9-11-7-4-3-5-8-11/h3-5,7-8,12H,2,6,9-10H2,1H3,(H,14,15)/t12-/m1/s1. The first-order chi connectivity index (χ1) is 7.74. The molecule has 0 bridgehead atoms. The van der Waals surface area contributed by atoms with Crippen molar-refractivity contribution in [2.45, 2.75) is 26.4 Å². The molecule has 0 heterocycles. The zero-order valence-electron chi connectivity index (χ0n) is 9.56. The van der Waals surface area contributed by atoms with Gasteiger partial charge in [-0.25, -0.2) is 0 Å². The van der Waals surface area contributed by atoms with Gasteiger partial charge in [0, 0.05) is 0 Å². The number of carboxylic acids is 1. The van der Waals surface area contributed by atoms with Crippen LogP contribution in [0.15, 0.2) is 30.3 Å². The fourth-order valence-electron chi connectivity index (χ4n) is 1.52. The van der Waals surface area contributed by atoms with Crippen LogP contribution in [0.25, 0.3) is 0 Å². The highest BCUT2D eigenvalue weighted by Gasteiger charge is 2.16. The lowest BCUT2D eigenvalue weighted by Gasteiger charge is -2.11. The molecule has 0 amide bonds. The Balaban J connectivity index is 2.31. The summed E-state index contributed by atoms with van der Waals surface area (Å²) in [5.74, 6) is -1.15. The summed E-state index contributed by atoms with van der Waals surface area (Å²) in [6, 6.07) is 9.77. The monoisotopic (exact) mass is 222 g/mol. The summed E-state index contributed by atoms with van der Waals surface area (Å²) in [6.07, 6.45) is 1.54. The van der Waals surface area contributed by atoms with Gasteiger partial charge in [-0.2, -0.15) is 0 Å². The minimum Gasteiger partial charge on any atom is -0.481 e. The number of carboxylic acid groups (broad SMARTS) is 1. The molecule has 16 heavy (non-hydrogen) atoms. The molecule has 0 saturated carbocycles. The zero-order chi connectivity index (χ0) is 11.8. The van der Waals surface area contributed by atoms with Gasteiger partial charge in [-0.15, -0.1) is 0 Å². The summed E-state index contributed by atoms with van der Waals surface area (Å²) >= 11 is 0. The lowest BCUT2D eigenvalue weighted by Crippen LogP contribution is -2.19. The summed E-state index contributed by atoms with van der Waals surface area (Å²) in [4.78, 5) is 10.9. The Labute approximate surface area is 96.1 Å². The van der Waals surface area contributed by atoms with Crippen molar-refractivity contribution in [2.24, 2.45) is 5.92 Å². The van der Waals surface area contributed by atoms with Gasteiger partial charge < -0.3 is 9.84 Å². The molecule has 1 N–H and O–H groups in total. The van der Waals surface area contributed by atoms with Crippen molar-refractivity contribution in [3.8, 4) is 0 Å². The summed E-state index contributed by atoms with van der Waals surface area (Å²) in [7, 11) is 0. The van der Waals surface area contributed by atoms with Gasteiger partial charge in [-0.3, -0.25) is 4.79 Å². The molecule has 0 aliphatic rings. The lowest BCUT2D eigenvalue weighted by atomic mass is 10.1. The van der Waals surface area contributed by atoms with E-state index in [1.54, 1.807) is 0 Å². The predicted octanol–water partition coefficient (Wildman–Crippen LogP) is 2.70. The molecular formula is C13H18O3. The van der Waals surface area contributed by atoms with Crippen molar-refractivity contribution in [1.82, 2.24) is 0 Å². The van der Waals surface area contributed by atoms with Crippen LogP contribution in [0.5, 0.6) is 0 Å². The van der Waals surface area contributed by atoms with Gasteiger partial charge in [-0.1, -0.05) is 43.7 Å². The average molecular weight is 222 g/mol. The van der Waals surface area contributed by atoms with Crippen LogP contribution in [0.1, 0.15) is 25.3 Å². The zero-order valence-corrected chi connectivity index (χ0v) is 9.56. The largest absolute Gasteiger partial charge is 0.481 e. The Hall–Kier alpha value is -1.35. The van der Waals surface area contributed by atoms with E-state index in [1.165, 1.54) is 0 Å². The first kappa shape index (κ1) is 12.7. The van der Waals surface area contributed by atoms with E-state index >= 15 is 0 Å². The topological polar surface area (TPSA) is 46.5 Å². The number of ether oxygens (including phenoxy) is 1. The molecule has 88 valence electrons. The minimum absolute atomic E-state index is 0.290. The molecule has 0 unspecified atom stereocenters. The highest BCUT2D eigenvalue weighted by Crippen LogP contribution is 2.09. The van der Waals surface area contributed by atoms with E-state index < -0.39 is 5.97 Å². The molecule has 3 nitrogen and oxygen atoms in total. The molecule has 1 aromatic carbocycles. The number of hydrogen-bond donors (Lipinski definition) is 1. The summed E-state index contributed by atoms with van der Waals surface area (Å²) in [5.41, 5.74) is 1.07. The molecule has 0 aliphatic heterocycles. The summed E-state index contributed by atoms with van der Waals surface area (Å²) in [6.45, 7) is 2.75. The Morgan fingerprint density at radius 1 is 1.38 bits per heavy atom. The quantitative estimate of drug-likeness (QED) is 0.771. The first-order valence-corrected chi connectivity index (χ1v) is 5.58. The third kappa shape index (κ3) is 4.45. The van der Waals surface area contributed by atoms with Crippen LogP contribution >= 0.6 is 0 Å². The Morgan fingerprint density at radius 3 is 2.62 bits per heavy atom. The highest BCUT2D eigenvalue weighted by atomic mass is 16.5. The second-order valence-corrected chi connectivity index (χ2v) is 3.82. The van der Waals surface area contributed by atoms with Gasteiger partial charge in [-0.05, 0) is 12.0 Å². The predicted molar refractivity (Wildman–Crippen MR) is 62.1 cm³/mol. The SMILES string of the molecule is CCC[C@H](COCc1ccccc1)C(=O)O. The van der Waals surface area contributed by atoms with Gasteiger partial charge >= 0.3 is 5.97 Å². The normalized spacial score (nSPS) is 12.3. The minimum atomic E-state index is -0.769. The van der Waals surface area contributed by atoms with Crippen LogP contribution < -0.4 is 0 Å². The maximum absolute atomic E-state index is 10.9. The second kappa shape index (κ2) is 7.01. The van der Waals surface area contributed by atoms with Gasteiger partial charge in [0.1, 0.15) is 0 Å². The molecule has 3 heteroatoms. The van der Waals surface area contributed by atoms with Crippen molar-refractivity contribution < 1.29 is 14.6 Å². The molecule has 0 fully saturated rings. The lowest BCUT2D eigenvalue weighted by molar-refractivity contribution is -0.144. The number of hydrogen-bond acceptors (Lipinski definition) is 2. The van der Waals surface area contributed by atoms with E-state index in [-0.39, 0.29) is 12.5 Å². The van der Waals surface area contributed by atoms with Gasteiger partial charge in [0.25, 0.3) is 0 Å². The number of benzene rings is 1. The van der Waals surface area contributed by atoms with Crippen LogP contribution in [0, 0.1) is 5.92 Å². The molecule has 0 aromatic heterocycles. The first-order valence-electron chi connectivity index (χ1n) is 5.58. The molecular weight excluding hydrogens is 204 g/mol. The van der Waals surface area contributed by atoms with Gasteiger partial charge in [0.05, 0.1) is 19.1 Å². The number of aliphatic carboxylic acids is 1. The van der Waals surface area contributed by atoms with Crippen molar-refractivity contribution in [3.05, 3.63) is 35.9 Å². The molecule has 0 radical (unpaired) electrons. The van der Waals surface area contributed by atoms with E-state index in [0.717, 1.165) is 12.0 Å². The van der Waals surface area contributed by atoms with Gasteiger partial charge in [0.15, 0.2) is 0 Å². The fraction of sp³-hybridized carbons (Fsp3) is 0.462. The molecule has 1 aromatic rings. The smallest absolute Gasteiger partial charge is 0.308 e. The summed E-state index contributed by atoms with van der Waals surface area (Å²) < 4.78 is 5.41. The Bertz CT molecular complexity index is 308. The maximum atomic E-state index is 10.9. The van der Waals surface area contributed by atoms with Crippen LogP contribution in [-0.2, 0) is 16.1 Å². The third-order valence-electron chi connectivity index (χ3n) is 2.42. The number of carbonyl (C=O) groups is 1. The van der Waals surface area contributed by atoms with E-state index in [0.29, 0.717) is 13.0 Å². The van der Waals surface area contributed by atoms with E-state index in [1.807, 2.05) is 37.3 Å². The average Bonchev–Trinajstić information content (AvgIpc) is 2.29. The van der Waals surface area contributed by atoms with Crippen molar-refractivity contribution in [2.75, 3.05) is 6.61 Å². The Kier molecular flexibility index (Phi) is 5.57. The third-order valence-corrected chi connectivity index (χ3v) is 2.42. The highest BCUT2D eigenvalue weighted by molar-refractivity contribution is 5.70. The molecule has 0 aliphatic carbocycles. The van der Waals surface area contributed by atoms with Crippen LogP contribution in [0.3, 0.4) is 0 Å². The molecule has 0 spiro atoms. The van der Waals surface area contributed by atoms with Gasteiger partial charge in [0.2, 0.25) is 0 Å². The van der Waals surface area contributed by atoms with Crippen molar-refractivity contribution in [3.63, 3.8) is 0 Å². The molecule has 1 rings (SSSR count). The van der Waals surface area contributed by atoms with Crippen molar-refractivity contribution >= 4 is 5.97 Å². The van der Waals surface area contributed by atoms with E-state index in [9.17, 15) is 4.79 Å². The van der Waals surface area contributed by atoms with Crippen LogP contribution in [-0.4, -0.2) is 17.7 Å². The van der Waals surface area contributed by atoms with Crippen molar-refractivity contribution in [1.29, 1.82) is 0 Å².